The Kier molecular flexibility index (Phi) is 6.25. The molecule has 2 rings (SSSR count). The van der Waals surface area contributed by atoms with Crippen LogP contribution in [0, 0.1) is 10.1 Å². The molecule has 0 bridgehead atoms. The Balaban J connectivity index is 1.87. The third-order valence-electron chi connectivity index (χ3n) is 3.65. The van der Waals surface area contributed by atoms with E-state index in [9.17, 15) is 14.9 Å². The van der Waals surface area contributed by atoms with Crippen molar-refractivity contribution in [3.8, 4) is 0 Å². The summed E-state index contributed by atoms with van der Waals surface area (Å²) in [6, 6.07) is 16.4. The van der Waals surface area contributed by atoms with Gasteiger partial charge in [0.25, 0.3) is 5.69 Å². The summed E-state index contributed by atoms with van der Waals surface area (Å²) in [6.07, 6.45) is 4.52. The van der Waals surface area contributed by atoms with E-state index in [-0.39, 0.29) is 17.6 Å². The molecular formula is C19H20N2O3. The third-order valence-corrected chi connectivity index (χ3v) is 3.65. The van der Waals surface area contributed by atoms with E-state index in [1.807, 2.05) is 25.1 Å². The van der Waals surface area contributed by atoms with Gasteiger partial charge in [-0.15, -0.1) is 0 Å². The first kappa shape index (κ1) is 17.4. The van der Waals surface area contributed by atoms with Crippen LogP contribution in [0.4, 0.5) is 5.69 Å². The van der Waals surface area contributed by atoms with Crippen LogP contribution in [-0.2, 0) is 11.2 Å². The van der Waals surface area contributed by atoms with Crippen LogP contribution in [0.1, 0.15) is 24.5 Å². The van der Waals surface area contributed by atoms with Crippen LogP contribution in [0.5, 0.6) is 0 Å². The van der Waals surface area contributed by atoms with Crippen molar-refractivity contribution in [1.82, 2.24) is 5.32 Å². The molecule has 24 heavy (non-hydrogen) atoms. The van der Waals surface area contributed by atoms with Gasteiger partial charge in [0.15, 0.2) is 0 Å². The highest BCUT2D eigenvalue weighted by atomic mass is 16.6. The van der Waals surface area contributed by atoms with E-state index >= 15 is 0 Å². The predicted molar refractivity (Wildman–Crippen MR) is 94.5 cm³/mol. The van der Waals surface area contributed by atoms with E-state index in [1.54, 1.807) is 18.2 Å². The van der Waals surface area contributed by atoms with E-state index in [1.165, 1.54) is 23.8 Å². The number of para-hydroxylation sites is 1. The van der Waals surface area contributed by atoms with Gasteiger partial charge in [-0.2, -0.15) is 0 Å². The predicted octanol–water partition coefficient (Wildman–Crippen LogP) is 3.75. The SMILES string of the molecule is C[C@H](CCc1ccccc1)NC(=O)/C=C/c1ccccc1[N+](=O)[O-]. The van der Waals surface area contributed by atoms with Crippen LogP contribution in [-0.4, -0.2) is 16.9 Å². The summed E-state index contributed by atoms with van der Waals surface area (Å²) in [4.78, 5) is 22.4. The Morgan fingerprint density at radius 2 is 1.83 bits per heavy atom. The van der Waals surface area contributed by atoms with Crippen molar-refractivity contribution in [2.75, 3.05) is 0 Å². The molecule has 0 fully saturated rings. The molecule has 0 aliphatic heterocycles. The minimum atomic E-state index is -0.458. The van der Waals surface area contributed by atoms with E-state index in [0.29, 0.717) is 5.56 Å². The number of amides is 1. The van der Waals surface area contributed by atoms with Crippen LogP contribution in [0.25, 0.3) is 6.08 Å². The van der Waals surface area contributed by atoms with Gasteiger partial charge in [0.2, 0.25) is 5.91 Å². The molecule has 0 saturated heterocycles. The van der Waals surface area contributed by atoms with Crippen molar-refractivity contribution in [1.29, 1.82) is 0 Å². The van der Waals surface area contributed by atoms with Crippen LogP contribution in [0.2, 0.25) is 0 Å². The second kappa shape index (κ2) is 8.62. The van der Waals surface area contributed by atoms with Crippen molar-refractivity contribution in [2.24, 2.45) is 0 Å². The quantitative estimate of drug-likeness (QED) is 0.479. The number of nitro groups is 1. The van der Waals surface area contributed by atoms with E-state index in [0.717, 1.165) is 12.8 Å². The lowest BCUT2D eigenvalue weighted by atomic mass is 10.1. The fourth-order valence-corrected chi connectivity index (χ4v) is 2.35. The smallest absolute Gasteiger partial charge is 0.276 e. The van der Waals surface area contributed by atoms with Crippen LogP contribution in [0.3, 0.4) is 0 Å². The third kappa shape index (κ3) is 5.35. The summed E-state index contributed by atoms with van der Waals surface area (Å²) in [5.74, 6) is -0.256. The molecule has 0 spiro atoms. The molecule has 2 aromatic rings. The molecule has 1 amide bonds. The maximum absolute atomic E-state index is 12.0. The zero-order valence-corrected chi connectivity index (χ0v) is 13.5. The Bertz CT molecular complexity index is 726. The zero-order chi connectivity index (χ0) is 17.4. The summed E-state index contributed by atoms with van der Waals surface area (Å²) in [5.41, 5.74) is 1.63. The Morgan fingerprint density at radius 1 is 1.17 bits per heavy atom. The molecule has 0 heterocycles. The second-order valence-corrected chi connectivity index (χ2v) is 5.58. The summed E-state index contributed by atoms with van der Waals surface area (Å²) >= 11 is 0. The largest absolute Gasteiger partial charge is 0.350 e. The lowest BCUT2D eigenvalue weighted by molar-refractivity contribution is -0.385. The normalized spacial score (nSPS) is 12.0. The van der Waals surface area contributed by atoms with Gasteiger partial charge in [-0.05, 0) is 37.5 Å². The highest BCUT2D eigenvalue weighted by molar-refractivity contribution is 5.92. The van der Waals surface area contributed by atoms with Gasteiger partial charge in [0, 0.05) is 18.2 Å². The molecule has 1 N–H and O–H groups in total. The van der Waals surface area contributed by atoms with E-state index < -0.39 is 4.92 Å². The van der Waals surface area contributed by atoms with Gasteiger partial charge in [-0.25, -0.2) is 0 Å². The number of benzene rings is 2. The highest BCUT2D eigenvalue weighted by Crippen LogP contribution is 2.18. The molecule has 124 valence electrons. The fourth-order valence-electron chi connectivity index (χ4n) is 2.35. The molecule has 0 aliphatic carbocycles. The zero-order valence-electron chi connectivity index (χ0n) is 13.5. The van der Waals surface area contributed by atoms with Crippen molar-refractivity contribution in [3.63, 3.8) is 0 Å². The number of hydrogen-bond acceptors (Lipinski definition) is 3. The number of nitrogens with one attached hydrogen (secondary N) is 1. The molecule has 1 atom stereocenters. The molecule has 0 unspecified atom stereocenters. The molecule has 0 radical (unpaired) electrons. The van der Waals surface area contributed by atoms with Crippen molar-refractivity contribution >= 4 is 17.7 Å². The summed E-state index contributed by atoms with van der Waals surface area (Å²) < 4.78 is 0. The maximum atomic E-state index is 12.0. The van der Waals surface area contributed by atoms with Crippen LogP contribution < -0.4 is 5.32 Å². The highest BCUT2D eigenvalue weighted by Gasteiger charge is 2.10. The summed E-state index contributed by atoms with van der Waals surface area (Å²) in [7, 11) is 0. The van der Waals surface area contributed by atoms with Gasteiger partial charge in [-0.1, -0.05) is 42.5 Å². The Hall–Kier alpha value is -2.95. The average Bonchev–Trinajstić information content (AvgIpc) is 2.59. The molecule has 2 aromatic carbocycles. The lowest BCUT2D eigenvalue weighted by Crippen LogP contribution is -2.31. The topological polar surface area (TPSA) is 72.2 Å². The number of rotatable bonds is 7. The Morgan fingerprint density at radius 3 is 2.54 bits per heavy atom. The molecular weight excluding hydrogens is 304 g/mol. The monoisotopic (exact) mass is 324 g/mol. The number of hydrogen-bond donors (Lipinski definition) is 1. The first-order valence-electron chi connectivity index (χ1n) is 7.82. The van der Waals surface area contributed by atoms with Gasteiger partial charge in [-0.3, -0.25) is 14.9 Å². The van der Waals surface area contributed by atoms with Gasteiger partial charge in [0.1, 0.15) is 0 Å². The van der Waals surface area contributed by atoms with Crippen molar-refractivity contribution < 1.29 is 9.72 Å². The summed E-state index contributed by atoms with van der Waals surface area (Å²) in [5, 5.41) is 13.8. The fraction of sp³-hybridized carbons (Fsp3) is 0.211. The molecule has 5 nitrogen and oxygen atoms in total. The van der Waals surface area contributed by atoms with Crippen LogP contribution >= 0.6 is 0 Å². The first-order valence-corrected chi connectivity index (χ1v) is 7.82. The number of aryl methyl sites for hydroxylation is 1. The van der Waals surface area contributed by atoms with Crippen molar-refractivity contribution in [2.45, 2.75) is 25.8 Å². The minimum Gasteiger partial charge on any atom is -0.350 e. The first-order chi connectivity index (χ1) is 11.6. The number of carbonyl (C=O) groups is 1. The maximum Gasteiger partial charge on any atom is 0.276 e. The van der Waals surface area contributed by atoms with Crippen LogP contribution in [0.15, 0.2) is 60.7 Å². The Labute approximate surface area is 141 Å². The number of nitrogens with zero attached hydrogens (tertiary/aromatic N) is 1. The number of carbonyl (C=O) groups excluding carboxylic acids is 1. The second-order valence-electron chi connectivity index (χ2n) is 5.58. The standard InChI is InChI=1S/C19H20N2O3/c1-15(11-12-16-7-3-2-4-8-16)20-19(22)14-13-17-9-5-6-10-18(17)21(23)24/h2-10,13-15H,11-12H2,1H3,(H,20,22)/b14-13+/t15-/m1/s1. The van der Waals surface area contributed by atoms with Crippen molar-refractivity contribution in [3.05, 3.63) is 81.9 Å². The number of nitro benzene ring substituents is 1. The average molecular weight is 324 g/mol. The molecule has 0 aliphatic rings. The summed E-state index contributed by atoms with van der Waals surface area (Å²) in [6.45, 7) is 1.94. The van der Waals surface area contributed by atoms with Gasteiger partial charge < -0.3 is 5.32 Å². The van der Waals surface area contributed by atoms with E-state index in [2.05, 4.69) is 17.4 Å². The van der Waals surface area contributed by atoms with E-state index in [4.69, 9.17) is 0 Å². The molecule has 5 heteroatoms. The van der Waals surface area contributed by atoms with Gasteiger partial charge >= 0.3 is 0 Å². The molecule has 0 saturated carbocycles. The minimum absolute atomic E-state index is 0.0151. The molecule has 0 aromatic heterocycles. The van der Waals surface area contributed by atoms with Gasteiger partial charge in [0.05, 0.1) is 10.5 Å². The lowest BCUT2D eigenvalue weighted by Gasteiger charge is -2.12.